The second-order valence-corrected chi connectivity index (χ2v) is 9.78. The summed E-state index contributed by atoms with van der Waals surface area (Å²) in [5.41, 5.74) is -3.51. The number of amides is 3. The standard InChI is InChI=1S/C19H28F3N3O5/c1-11-8-24(14(28)19(20,21)22)17(5-6-17)10-23(11)13(27)18(16(2,3)4)7-12(26)9-25(18)15(29)30/h11-12,26H,5-10H2,1-4H3,(H,29,30)/t11-,12+,18+/m0/s1. The zero-order valence-electron chi connectivity index (χ0n) is 17.5. The van der Waals surface area contributed by atoms with Gasteiger partial charge in [-0.3, -0.25) is 14.5 Å². The van der Waals surface area contributed by atoms with Crippen molar-refractivity contribution < 1.29 is 37.8 Å². The molecule has 11 heteroatoms. The highest BCUT2D eigenvalue weighted by Gasteiger charge is 2.65. The van der Waals surface area contributed by atoms with Crippen molar-refractivity contribution in [1.29, 1.82) is 0 Å². The Bertz CT molecular complexity index is 761. The van der Waals surface area contributed by atoms with Crippen LogP contribution in [0.3, 0.4) is 0 Å². The van der Waals surface area contributed by atoms with Crippen molar-refractivity contribution in [2.24, 2.45) is 5.41 Å². The summed E-state index contributed by atoms with van der Waals surface area (Å²) >= 11 is 0. The monoisotopic (exact) mass is 435 g/mol. The van der Waals surface area contributed by atoms with E-state index in [-0.39, 0.29) is 26.1 Å². The number of hydrogen-bond donors (Lipinski definition) is 2. The molecule has 3 rings (SSSR count). The van der Waals surface area contributed by atoms with Crippen molar-refractivity contribution >= 4 is 17.9 Å². The van der Waals surface area contributed by atoms with E-state index in [1.807, 2.05) is 0 Å². The molecule has 3 aliphatic rings. The molecule has 2 saturated heterocycles. The van der Waals surface area contributed by atoms with Crippen LogP contribution < -0.4 is 0 Å². The number of carbonyl (C=O) groups is 3. The Morgan fingerprint density at radius 1 is 1.03 bits per heavy atom. The summed E-state index contributed by atoms with van der Waals surface area (Å²) < 4.78 is 39.2. The normalized spacial score (nSPS) is 31.3. The van der Waals surface area contributed by atoms with Crippen LogP contribution in [0.5, 0.6) is 0 Å². The van der Waals surface area contributed by atoms with E-state index in [2.05, 4.69) is 0 Å². The summed E-state index contributed by atoms with van der Waals surface area (Å²) in [5.74, 6) is -2.44. The van der Waals surface area contributed by atoms with Gasteiger partial charge in [0, 0.05) is 25.6 Å². The number of alkyl halides is 3. The van der Waals surface area contributed by atoms with Crippen LogP contribution in [0.15, 0.2) is 0 Å². The van der Waals surface area contributed by atoms with Gasteiger partial charge >= 0.3 is 18.2 Å². The van der Waals surface area contributed by atoms with Gasteiger partial charge in [0.2, 0.25) is 5.91 Å². The van der Waals surface area contributed by atoms with Gasteiger partial charge in [-0.2, -0.15) is 13.2 Å². The van der Waals surface area contributed by atoms with Gasteiger partial charge in [-0.05, 0) is 25.2 Å². The number of aliphatic hydroxyl groups excluding tert-OH is 1. The van der Waals surface area contributed by atoms with Crippen molar-refractivity contribution in [3.8, 4) is 0 Å². The van der Waals surface area contributed by atoms with Gasteiger partial charge in [-0.25, -0.2) is 4.79 Å². The minimum atomic E-state index is -5.00. The van der Waals surface area contributed by atoms with E-state index in [1.54, 1.807) is 27.7 Å². The average Bonchev–Trinajstić information content (AvgIpc) is 3.26. The van der Waals surface area contributed by atoms with E-state index < -0.39 is 52.7 Å². The first-order valence-electron chi connectivity index (χ1n) is 9.95. The molecule has 0 aromatic rings. The molecule has 170 valence electrons. The highest BCUT2D eigenvalue weighted by Crippen LogP contribution is 2.50. The molecule has 2 N–H and O–H groups in total. The molecule has 2 aliphatic heterocycles. The first kappa shape index (κ1) is 22.6. The molecular formula is C19H28F3N3O5. The molecule has 3 fully saturated rings. The third-order valence-corrected chi connectivity index (χ3v) is 6.80. The Balaban J connectivity index is 1.96. The van der Waals surface area contributed by atoms with Crippen molar-refractivity contribution in [1.82, 2.24) is 14.7 Å². The lowest BCUT2D eigenvalue weighted by Crippen LogP contribution is -2.70. The van der Waals surface area contributed by atoms with E-state index in [0.29, 0.717) is 12.8 Å². The SMILES string of the molecule is C[C@H]1CN(C(=O)C(F)(F)F)C2(CC2)CN1C(=O)[C@@]1(C(C)(C)C)C[C@@H](O)CN1C(=O)O. The maximum Gasteiger partial charge on any atom is 0.471 e. The molecule has 0 bridgehead atoms. The molecule has 1 spiro atoms. The van der Waals surface area contributed by atoms with Gasteiger partial charge < -0.3 is 20.0 Å². The summed E-state index contributed by atoms with van der Waals surface area (Å²) in [6.45, 7) is 6.09. The number of piperazine rings is 1. The smallest absolute Gasteiger partial charge is 0.465 e. The number of nitrogens with zero attached hydrogens (tertiary/aromatic N) is 3. The second kappa shape index (κ2) is 6.73. The van der Waals surface area contributed by atoms with Crippen molar-refractivity contribution in [3.05, 3.63) is 0 Å². The summed E-state index contributed by atoms with van der Waals surface area (Å²) in [6, 6.07) is -0.734. The van der Waals surface area contributed by atoms with E-state index in [0.717, 1.165) is 9.80 Å². The van der Waals surface area contributed by atoms with Crippen LogP contribution in [0.4, 0.5) is 18.0 Å². The summed E-state index contributed by atoms with van der Waals surface area (Å²) in [6.07, 6.45) is -6.76. The third kappa shape index (κ3) is 3.30. The van der Waals surface area contributed by atoms with Gasteiger partial charge in [-0.15, -0.1) is 0 Å². The molecule has 0 aromatic heterocycles. The Morgan fingerprint density at radius 2 is 1.60 bits per heavy atom. The number of aliphatic hydroxyl groups is 1. The predicted molar refractivity (Wildman–Crippen MR) is 98.4 cm³/mol. The van der Waals surface area contributed by atoms with Crippen LogP contribution in [0.25, 0.3) is 0 Å². The molecule has 0 aromatic carbocycles. The van der Waals surface area contributed by atoms with Crippen LogP contribution in [-0.4, -0.2) is 91.9 Å². The number of hydrogen-bond acceptors (Lipinski definition) is 4. The Hall–Kier alpha value is -2.04. The van der Waals surface area contributed by atoms with Gasteiger partial charge in [0.15, 0.2) is 0 Å². The van der Waals surface area contributed by atoms with E-state index in [9.17, 15) is 37.8 Å². The van der Waals surface area contributed by atoms with E-state index >= 15 is 0 Å². The van der Waals surface area contributed by atoms with E-state index in [1.165, 1.54) is 4.90 Å². The Kier molecular flexibility index (Phi) is 5.08. The fourth-order valence-electron chi connectivity index (χ4n) is 5.01. The summed E-state index contributed by atoms with van der Waals surface area (Å²) in [7, 11) is 0. The van der Waals surface area contributed by atoms with Crippen LogP contribution in [0.1, 0.15) is 47.0 Å². The third-order valence-electron chi connectivity index (χ3n) is 6.80. The van der Waals surface area contributed by atoms with Gasteiger partial charge in [0.05, 0.1) is 18.2 Å². The second-order valence-electron chi connectivity index (χ2n) is 9.78. The van der Waals surface area contributed by atoms with Crippen molar-refractivity contribution in [3.63, 3.8) is 0 Å². The van der Waals surface area contributed by atoms with Crippen LogP contribution in [0.2, 0.25) is 0 Å². The Morgan fingerprint density at radius 3 is 2.03 bits per heavy atom. The van der Waals surface area contributed by atoms with Crippen molar-refractivity contribution in [2.45, 2.75) is 76.4 Å². The molecule has 8 nitrogen and oxygen atoms in total. The molecule has 1 aliphatic carbocycles. The molecular weight excluding hydrogens is 407 g/mol. The zero-order valence-corrected chi connectivity index (χ0v) is 17.5. The number of carbonyl (C=O) groups excluding carboxylic acids is 2. The number of β-amino-alcohol motifs (C(OH)–C–C–N with tert-alkyl or cyclic N) is 1. The lowest BCUT2D eigenvalue weighted by Gasteiger charge is -2.52. The summed E-state index contributed by atoms with van der Waals surface area (Å²) in [5, 5.41) is 20.0. The van der Waals surface area contributed by atoms with Crippen LogP contribution in [-0.2, 0) is 9.59 Å². The maximum absolute atomic E-state index is 13.8. The molecule has 30 heavy (non-hydrogen) atoms. The van der Waals surface area contributed by atoms with Gasteiger partial charge in [0.1, 0.15) is 5.54 Å². The lowest BCUT2D eigenvalue weighted by atomic mass is 9.70. The first-order chi connectivity index (χ1) is 13.6. The number of carboxylic acid groups (broad SMARTS) is 1. The minimum absolute atomic E-state index is 0.0871. The lowest BCUT2D eigenvalue weighted by molar-refractivity contribution is -0.194. The predicted octanol–water partition coefficient (Wildman–Crippen LogP) is 1.67. The number of likely N-dealkylation sites (tertiary alicyclic amines) is 1. The molecule has 1 saturated carbocycles. The first-order valence-corrected chi connectivity index (χ1v) is 9.95. The average molecular weight is 435 g/mol. The van der Waals surface area contributed by atoms with Crippen molar-refractivity contribution in [2.75, 3.05) is 19.6 Å². The molecule has 3 atom stereocenters. The highest BCUT2D eigenvalue weighted by molar-refractivity contribution is 5.92. The number of rotatable bonds is 1. The molecule has 2 heterocycles. The van der Waals surface area contributed by atoms with E-state index in [4.69, 9.17) is 0 Å². The van der Waals surface area contributed by atoms with Crippen LogP contribution >= 0.6 is 0 Å². The highest BCUT2D eigenvalue weighted by atomic mass is 19.4. The fourth-order valence-corrected chi connectivity index (χ4v) is 5.01. The summed E-state index contributed by atoms with van der Waals surface area (Å²) in [4.78, 5) is 40.9. The van der Waals surface area contributed by atoms with Gasteiger partial charge in [-0.1, -0.05) is 20.8 Å². The zero-order chi connectivity index (χ0) is 22.9. The maximum atomic E-state index is 13.8. The fraction of sp³-hybridized carbons (Fsp3) is 0.842. The Labute approximate surface area is 172 Å². The van der Waals surface area contributed by atoms with Crippen LogP contribution in [0, 0.1) is 5.41 Å². The molecule has 0 radical (unpaired) electrons. The quantitative estimate of drug-likeness (QED) is 0.653. The van der Waals surface area contributed by atoms with Gasteiger partial charge in [0.25, 0.3) is 0 Å². The molecule has 3 amide bonds. The largest absolute Gasteiger partial charge is 0.471 e. The minimum Gasteiger partial charge on any atom is -0.465 e. The molecule has 0 unspecified atom stereocenters. The topological polar surface area (TPSA) is 101 Å². The number of halogens is 3.